The average Bonchev–Trinajstić information content (AvgIpc) is 3.97. The second kappa shape index (κ2) is 16.0. The summed E-state index contributed by atoms with van der Waals surface area (Å²) in [5, 5.41) is 5.01. The molecule has 15 rings (SSSR count). The molecule has 2 aliphatic heterocycles. The fourth-order valence-electron chi connectivity index (χ4n) is 11.6. The van der Waals surface area contributed by atoms with Crippen LogP contribution in [-0.4, -0.2) is 15.8 Å². The lowest BCUT2D eigenvalue weighted by atomic mass is 9.34. The highest BCUT2D eigenvalue weighted by molar-refractivity contribution is 6.98. The van der Waals surface area contributed by atoms with E-state index < -0.39 is 0 Å². The fourth-order valence-corrected chi connectivity index (χ4v) is 11.6. The van der Waals surface area contributed by atoms with Crippen molar-refractivity contribution in [1.29, 1.82) is 0 Å². The van der Waals surface area contributed by atoms with Gasteiger partial charge in [-0.15, -0.1) is 0 Å². The smallest absolute Gasteiger partial charge is 0.260 e. The van der Waals surface area contributed by atoms with Crippen LogP contribution in [0, 0.1) is 0 Å². The molecule has 0 spiro atoms. The average molecular weight is 920 g/mol. The molecule has 0 radical (unpaired) electrons. The standard InChI is InChI=1S/C66H42BN3O2/c1-3-15-47(16-4-1)68(48-17-5-2-6-18-48)51-41-64-66-65(42-51)72-63-40-46(44-29-35-50(36-30-44)70-60-25-13-9-21-54(60)55-22-10-14-26-61(55)70)32-38-57(63)67(66)56-37-31-45(39-62(56)71-64)43-27-33-49(34-28-43)69-58-23-11-7-19-52(58)53-20-8-12-24-59(53)69/h1-42H. The first-order valence-electron chi connectivity index (χ1n) is 24.6. The monoisotopic (exact) mass is 919 g/mol. The van der Waals surface area contributed by atoms with Crippen LogP contribution < -0.4 is 30.8 Å². The highest BCUT2D eigenvalue weighted by atomic mass is 16.5. The van der Waals surface area contributed by atoms with E-state index in [-0.39, 0.29) is 6.71 Å². The Hall–Kier alpha value is -9.52. The van der Waals surface area contributed by atoms with Crippen molar-refractivity contribution in [3.8, 4) is 56.6 Å². The highest BCUT2D eigenvalue weighted by Crippen LogP contribution is 2.44. The first kappa shape index (κ1) is 40.4. The molecule has 0 aliphatic carbocycles. The summed E-state index contributed by atoms with van der Waals surface area (Å²) in [5.41, 5.74) is 17.7. The summed E-state index contributed by atoms with van der Waals surface area (Å²) in [7, 11) is 0. The molecule has 11 aromatic carbocycles. The third-order valence-electron chi connectivity index (χ3n) is 14.8. The van der Waals surface area contributed by atoms with Crippen LogP contribution in [0.3, 0.4) is 0 Å². The second-order valence-electron chi connectivity index (χ2n) is 18.8. The molecule has 4 heterocycles. The van der Waals surface area contributed by atoms with Crippen molar-refractivity contribution in [1.82, 2.24) is 9.13 Å². The maximum atomic E-state index is 7.12. The van der Waals surface area contributed by atoms with Crippen molar-refractivity contribution in [2.75, 3.05) is 4.90 Å². The van der Waals surface area contributed by atoms with Gasteiger partial charge in [-0.2, -0.15) is 0 Å². The maximum Gasteiger partial charge on any atom is 0.260 e. The van der Waals surface area contributed by atoms with Gasteiger partial charge in [0.1, 0.15) is 23.0 Å². The molecular formula is C66H42BN3O2. The Morgan fingerprint density at radius 3 is 1.03 bits per heavy atom. The molecule has 0 saturated heterocycles. The molecule has 5 nitrogen and oxygen atoms in total. The van der Waals surface area contributed by atoms with Gasteiger partial charge in [0, 0.05) is 61.9 Å². The number of rotatable bonds is 7. The number of aromatic nitrogens is 2. The summed E-state index contributed by atoms with van der Waals surface area (Å²) >= 11 is 0. The number of anilines is 3. The molecule has 13 aromatic rings. The molecule has 0 fully saturated rings. The van der Waals surface area contributed by atoms with Crippen LogP contribution in [0.25, 0.3) is 77.2 Å². The third kappa shape index (κ3) is 6.29. The molecule has 72 heavy (non-hydrogen) atoms. The Labute approximate surface area is 416 Å². The Morgan fingerprint density at radius 2 is 0.639 bits per heavy atom. The van der Waals surface area contributed by atoms with E-state index in [1.807, 2.05) is 0 Å². The van der Waals surface area contributed by atoms with E-state index in [2.05, 4.69) is 269 Å². The van der Waals surface area contributed by atoms with Crippen LogP contribution in [0.4, 0.5) is 17.1 Å². The number of benzene rings is 11. The Morgan fingerprint density at radius 1 is 0.292 bits per heavy atom. The lowest BCUT2D eigenvalue weighted by Gasteiger charge is -2.35. The van der Waals surface area contributed by atoms with E-state index in [1.54, 1.807) is 0 Å². The van der Waals surface area contributed by atoms with Gasteiger partial charge < -0.3 is 23.5 Å². The number of nitrogens with zero attached hydrogens (tertiary/aromatic N) is 3. The van der Waals surface area contributed by atoms with Crippen molar-refractivity contribution in [2.45, 2.75) is 0 Å². The number of para-hydroxylation sites is 6. The lowest BCUT2D eigenvalue weighted by molar-refractivity contribution is 0.465. The van der Waals surface area contributed by atoms with Gasteiger partial charge in [-0.25, -0.2) is 0 Å². The first-order chi connectivity index (χ1) is 35.7. The minimum Gasteiger partial charge on any atom is -0.458 e. The van der Waals surface area contributed by atoms with Gasteiger partial charge in [0.05, 0.1) is 27.8 Å². The topological polar surface area (TPSA) is 31.6 Å². The van der Waals surface area contributed by atoms with Crippen LogP contribution >= 0.6 is 0 Å². The van der Waals surface area contributed by atoms with Gasteiger partial charge in [-0.3, -0.25) is 0 Å². The maximum absolute atomic E-state index is 7.12. The number of hydrogen-bond donors (Lipinski definition) is 0. The van der Waals surface area contributed by atoms with Crippen molar-refractivity contribution in [2.24, 2.45) is 0 Å². The van der Waals surface area contributed by atoms with Gasteiger partial charge in [0.15, 0.2) is 0 Å². The molecule has 2 aliphatic rings. The predicted octanol–water partition coefficient (Wildman–Crippen LogP) is 15.4. The van der Waals surface area contributed by atoms with E-state index in [9.17, 15) is 0 Å². The molecule has 0 saturated carbocycles. The van der Waals surface area contributed by atoms with Crippen molar-refractivity contribution in [3.63, 3.8) is 0 Å². The van der Waals surface area contributed by atoms with Gasteiger partial charge in [-0.1, -0.05) is 158 Å². The number of ether oxygens (including phenoxy) is 2. The molecule has 2 aromatic heterocycles. The largest absolute Gasteiger partial charge is 0.458 e. The van der Waals surface area contributed by atoms with E-state index in [0.717, 1.165) is 90.1 Å². The second-order valence-corrected chi connectivity index (χ2v) is 18.8. The molecule has 0 N–H and O–H groups in total. The summed E-state index contributed by atoms with van der Waals surface area (Å²) in [4.78, 5) is 2.27. The van der Waals surface area contributed by atoms with Crippen LogP contribution in [0.2, 0.25) is 0 Å². The minimum absolute atomic E-state index is 0.114. The molecule has 0 unspecified atom stereocenters. The zero-order chi connectivity index (χ0) is 47.3. The van der Waals surface area contributed by atoms with E-state index in [1.165, 1.54) is 43.6 Å². The third-order valence-corrected chi connectivity index (χ3v) is 14.8. The zero-order valence-corrected chi connectivity index (χ0v) is 39.0. The Kier molecular flexibility index (Phi) is 8.99. The number of fused-ring (bicyclic) bond motifs is 10. The van der Waals surface area contributed by atoms with Crippen molar-refractivity contribution >= 4 is 83.8 Å². The molecule has 0 atom stereocenters. The van der Waals surface area contributed by atoms with Crippen LogP contribution in [0.1, 0.15) is 0 Å². The normalized spacial score (nSPS) is 12.4. The summed E-state index contributed by atoms with van der Waals surface area (Å²) in [6, 6.07) is 91.3. The quantitative estimate of drug-likeness (QED) is 0.149. The van der Waals surface area contributed by atoms with Gasteiger partial charge in [0.25, 0.3) is 6.71 Å². The Balaban J connectivity index is 0.842. The van der Waals surface area contributed by atoms with Gasteiger partial charge in [0.2, 0.25) is 0 Å². The van der Waals surface area contributed by atoms with Crippen molar-refractivity contribution in [3.05, 3.63) is 255 Å². The SMILES string of the molecule is c1ccc(N(c2ccccc2)c2cc3c4c(c2)Oc2cc(-c5ccc(-n6c7ccccc7c7ccccc76)cc5)ccc2B4c2ccc(-c4ccc(-n5c6ccccc6c6ccccc65)cc4)cc2O3)cc1. The van der Waals surface area contributed by atoms with E-state index >= 15 is 0 Å². The first-order valence-corrected chi connectivity index (χ1v) is 24.6. The molecule has 0 amide bonds. The summed E-state index contributed by atoms with van der Waals surface area (Å²) in [6.45, 7) is -0.114. The zero-order valence-electron chi connectivity index (χ0n) is 39.0. The molecule has 336 valence electrons. The van der Waals surface area contributed by atoms with Crippen LogP contribution in [-0.2, 0) is 0 Å². The van der Waals surface area contributed by atoms with Gasteiger partial charge >= 0.3 is 0 Å². The summed E-state index contributed by atoms with van der Waals surface area (Å²) in [6.07, 6.45) is 0. The minimum atomic E-state index is -0.114. The Bertz CT molecular complexity index is 3900. The van der Waals surface area contributed by atoms with Crippen LogP contribution in [0.15, 0.2) is 255 Å². The number of hydrogen-bond acceptors (Lipinski definition) is 3. The highest BCUT2D eigenvalue weighted by Gasteiger charge is 2.41. The van der Waals surface area contributed by atoms with Crippen LogP contribution in [0.5, 0.6) is 23.0 Å². The predicted molar refractivity (Wildman–Crippen MR) is 298 cm³/mol. The fraction of sp³-hybridized carbons (Fsp3) is 0. The van der Waals surface area contributed by atoms with Crippen molar-refractivity contribution < 1.29 is 9.47 Å². The van der Waals surface area contributed by atoms with E-state index in [0.29, 0.717) is 0 Å². The lowest BCUT2D eigenvalue weighted by Crippen LogP contribution is -2.57. The molecular weight excluding hydrogens is 878 g/mol. The summed E-state index contributed by atoms with van der Waals surface area (Å²) < 4.78 is 19.0. The van der Waals surface area contributed by atoms with Gasteiger partial charge in [-0.05, 0) is 118 Å². The van der Waals surface area contributed by atoms with E-state index in [4.69, 9.17) is 9.47 Å². The molecule has 6 heteroatoms. The molecule has 0 bridgehead atoms. The summed E-state index contributed by atoms with van der Waals surface area (Å²) in [5.74, 6) is 3.24.